The molecule has 30 heavy (non-hydrogen) atoms. The molecule has 0 N–H and O–H groups in total. The molecule has 1 aliphatic rings. The summed E-state index contributed by atoms with van der Waals surface area (Å²) in [5.74, 6) is 2.61. The molecule has 152 valence electrons. The molecule has 0 aliphatic carbocycles. The van der Waals surface area contributed by atoms with E-state index in [1.165, 1.54) is 15.9 Å². The van der Waals surface area contributed by atoms with Gasteiger partial charge < -0.3 is 14.2 Å². The zero-order valence-corrected chi connectivity index (χ0v) is 17.1. The van der Waals surface area contributed by atoms with Crippen molar-refractivity contribution in [3.05, 3.63) is 74.8 Å². The van der Waals surface area contributed by atoms with Crippen molar-refractivity contribution in [1.82, 2.24) is 14.6 Å². The summed E-state index contributed by atoms with van der Waals surface area (Å²) in [6.07, 6.45) is 2.35. The van der Waals surface area contributed by atoms with Crippen molar-refractivity contribution in [2.75, 3.05) is 13.2 Å². The Bertz CT molecular complexity index is 1300. The van der Waals surface area contributed by atoms with Crippen LogP contribution in [0.15, 0.2) is 53.3 Å². The lowest BCUT2D eigenvalue weighted by Crippen LogP contribution is -2.26. The highest BCUT2D eigenvalue weighted by atomic mass is 32.1. The molecule has 0 saturated carbocycles. The van der Waals surface area contributed by atoms with Crippen LogP contribution in [0, 0.1) is 0 Å². The standard InChI is InChI=1S/C22H19N3O4S/c1-2-11-27-15-9-7-14(8-10-15)12-19-21(26)25-22(30-19)23-20(24-25)18-13-28-16-5-3-4-6-17(16)29-18/h3-10,12,18H,2,11,13H2,1H3/b19-12+/t18-/m1/s1. The molecule has 2 aromatic heterocycles. The maximum atomic E-state index is 12.8. The summed E-state index contributed by atoms with van der Waals surface area (Å²) in [7, 11) is 0. The van der Waals surface area contributed by atoms with Crippen LogP contribution in [0.5, 0.6) is 17.2 Å². The van der Waals surface area contributed by atoms with Gasteiger partial charge >= 0.3 is 0 Å². The van der Waals surface area contributed by atoms with Gasteiger partial charge in [-0.15, -0.1) is 5.10 Å². The van der Waals surface area contributed by atoms with E-state index >= 15 is 0 Å². The topological polar surface area (TPSA) is 74.9 Å². The Balaban J connectivity index is 1.40. The molecule has 3 heterocycles. The molecule has 0 amide bonds. The molecule has 1 atom stereocenters. The molecule has 8 heteroatoms. The van der Waals surface area contributed by atoms with Crippen LogP contribution in [0.4, 0.5) is 0 Å². The fourth-order valence-corrected chi connectivity index (χ4v) is 4.08. The van der Waals surface area contributed by atoms with Crippen LogP contribution >= 0.6 is 11.3 Å². The lowest BCUT2D eigenvalue weighted by atomic mass is 10.2. The first-order valence-corrected chi connectivity index (χ1v) is 10.6. The highest BCUT2D eigenvalue weighted by Gasteiger charge is 2.27. The minimum Gasteiger partial charge on any atom is -0.494 e. The third-order valence-corrected chi connectivity index (χ3v) is 5.60. The van der Waals surface area contributed by atoms with Crippen molar-refractivity contribution in [2.24, 2.45) is 0 Å². The summed E-state index contributed by atoms with van der Waals surface area (Å²) in [4.78, 5) is 17.8. The van der Waals surface area contributed by atoms with Gasteiger partial charge in [-0.25, -0.2) is 0 Å². The van der Waals surface area contributed by atoms with E-state index in [9.17, 15) is 4.79 Å². The molecule has 1 aliphatic heterocycles. The van der Waals surface area contributed by atoms with Gasteiger partial charge in [0.2, 0.25) is 4.96 Å². The second-order valence-corrected chi connectivity index (χ2v) is 7.87. The summed E-state index contributed by atoms with van der Waals surface area (Å²) in [6.45, 7) is 3.05. The fraction of sp³-hybridized carbons (Fsp3) is 0.227. The number of benzene rings is 2. The van der Waals surface area contributed by atoms with Crippen molar-refractivity contribution in [1.29, 1.82) is 0 Å². The predicted molar refractivity (Wildman–Crippen MR) is 113 cm³/mol. The molecule has 2 aromatic carbocycles. The van der Waals surface area contributed by atoms with Crippen LogP contribution in [0.1, 0.15) is 30.8 Å². The molecule has 5 rings (SSSR count). The van der Waals surface area contributed by atoms with E-state index in [1.807, 2.05) is 54.6 Å². The van der Waals surface area contributed by atoms with Gasteiger partial charge in [-0.3, -0.25) is 4.79 Å². The summed E-state index contributed by atoms with van der Waals surface area (Å²) in [6, 6.07) is 15.1. The van der Waals surface area contributed by atoms with E-state index in [0.717, 1.165) is 17.7 Å². The lowest BCUT2D eigenvalue weighted by molar-refractivity contribution is 0.0852. The zero-order chi connectivity index (χ0) is 20.5. The molecular formula is C22H19N3O4S. The largest absolute Gasteiger partial charge is 0.494 e. The highest BCUT2D eigenvalue weighted by Crippen LogP contribution is 2.35. The Morgan fingerprint density at radius 3 is 2.77 bits per heavy atom. The van der Waals surface area contributed by atoms with Crippen molar-refractivity contribution < 1.29 is 14.2 Å². The first-order chi connectivity index (χ1) is 14.7. The smallest absolute Gasteiger partial charge is 0.291 e. The van der Waals surface area contributed by atoms with Crippen LogP contribution in [-0.4, -0.2) is 27.8 Å². The van der Waals surface area contributed by atoms with Crippen LogP contribution in [-0.2, 0) is 0 Å². The van der Waals surface area contributed by atoms with Crippen molar-refractivity contribution >= 4 is 22.4 Å². The van der Waals surface area contributed by atoms with E-state index in [-0.39, 0.29) is 5.56 Å². The van der Waals surface area contributed by atoms with Gasteiger partial charge in [0.25, 0.3) is 5.56 Å². The maximum absolute atomic E-state index is 12.8. The van der Waals surface area contributed by atoms with Gasteiger partial charge in [-0.2, -0.15) is 9.50 Å². The Hall–Kier alpha value is -3.39. The van der Waals surface area contributed by atoms with Gasteiger partial charge in [0.15, 0.2) is 23.4 Å². The second kappa shape index (κ2) is 7.79. The number of ether oxygens (including phenoxy) is 3. The van der Waals surface area contributed by atoms with Crippen LogP contribution < -0.4 is 24.3 Å². The molecule has 0 spiro atoms. The van der Waals surface area contributed by atoms with Crippen LogP contribution in [0.2, 0.25) is 0 Å². The van der Waals surface area contributed by atoms with Gasteiger partial charge in [-0.1, -0.05) is 42.5 Å². The molecule has 0 unspecified atom stereocenters. The normalized spacial score (nSPS) is 16.2. The zero-order valence-electron chi connectivity index (χ0n) is 16.3. The summed E-state index contributed by atoms with van der Waals surface area (Å²) in [5.41, 5.74) is 0.721. The third kappa shape index (κ3) is 3.50. The molecule has 0 saturated heterocycles. The number of aromatic nitrogens is 3. The summed E-state index contributed by atoms with van der Waals surface area (Å²) < 4.78 is 19.2. The minimum absolute atomic E-state index is 0.197. The Kier molecular flexibility index (Phi) is 4.84. The number of thiazole rings is 1. The Labute approximate surface area is 176 Å². The fourth-order valence-electron chi connectivity index (χ4n) is 3.16. The van der Waals surface area contributed by atoms with Crippen LogP contribution in [0.25, 0.3) is 11.0 Å². The van der Waals surface area contributed by atoms with Gasteiger partial charge in [0.05, 0.1) is 11.1 Å². The third-order valence-electron chi connectivity index (χ3n) is 4.65. The van der Waals surface area contributed by atoms with E-state index in [2.05, 4.69) is 17.0 Å². The van der Waals surface area contributed by atoms with E-state index in [1.54, 1.807) is 0 Å². The van der Waals surface area contributed by atoms with Crippen molar-refractivity contribution in [2.45, 2.75) is 19.4 Å². The highest BCUT2D eigenvalue weighted by molar-refractivity contribution is 7.15. The van der Waals surface area contributed by atoms with Gasteiger partial charge in [0, 0.05) is 0 Å². The summed E-state index contributed by atoms with van der Waals surface area (Å²) >= 11 is 1.30. The minimum atomic E-state index is -0.450. The van der Waals surface area contributed by atoms with E-state index in [4.69, 9.17) is 14.2 Å². The molecule has 0 fully saturated rings. The average Bonchev–Trinajstić information content (AvgIpc) is 3.32. The number of fused-ring (bicyclic) bond motifs is 2. The van der Waals surface area contributed by atoms with E-state index in [0.29, 0.717) is 40.0 Å². The molecule has 0 radical (unpaired) electrons. The first kappa shape index (κ1) is 18.6. The first-order valence-electron chi connectivity index (χ1n) is 9.74. The van der Waals surface area contributed by atoms with Crippen molar-refractivity contribution in [3.8, 4) is 17.2 Å². The monoisotopic (exact) mass is 421 g/mol. The maximum Gasteiger partial charge on any atom is 0.291 e. The lowest BCUT2D eigenvalue weighted by Gasteiger charge is -2.24. The number of nitrogens with zero attached hydrogens (tertiary/aromatic N) is 3. The van der Waals surface area contributed by atoms with Crippen LogP contribution in [0.3, 0.4) is 0 Å². The molecular weight excluding hydrogens is 402 g/mol. The second-order valence-electron chi connectivity index (χ2n) is 6.86. The molecule has 0 bridgehead atoms. The average molecular weight is 421 g/mol. The Morgan fingerprint density at radius 1 is 1.20 bits per heavy atom. The quantitative estimate of drug-likeness (QED) is 0.493. The number of para-hydroxylation sites is 2. The van der Waals surface area contributed by atoms with Crippen molar-refractivity contribution in [3.63, 3.8) is 0 Å². The number of hydrogen-bond donors (Lipinski definition) is 0. The van der Waals surface area contributed by atoms with E-state index < -0.39 is 6.10 Å². The van der Waals surface area contributed by atoms with Gasteiger partial charge in [0.1, 0.15) is 12.4 Å². The molecule has 7 nitrogen and oxygen atoms in total. The summed E-state index contributed by atoms with van der Waals surface area (Å²) in [5, 5.41) is 4.38. The predicted octanol–water partition coefficient (Wildman–Crippen LogP) is 3.00. The SMILES string of the molecule is CCCOc1ccc(/C=c2/sc3nc([C@H]4COc5ccccc5O4)nn3c2=O)cc1. The number of rotatable bonds is 5. The Morgan fingerprint density at radius 2 is 2.00 bits per heavy atom. The molecule has 4 aromatic rings. The van der Waals surface area contributed by atoms with Gasteiger partial charge in [-0.05, 0) is 42.3 Å². The number of hydrogen-bond acceptors (Lipinski definition) is 7.